The van der Waals surface area contributed by atoms with Crippen LogP contribution in [0.2, 0.25) is 5.02 Å². The van der Waals surface area contributed by atoms with Crippen LogP contribution in [0.1, 0.15) is 32.2 Å². The van der Waals surface area contributed by atoms with E-state index in [1.165, 1.54) is 0 Å². The average Bonchev–Trinajstić information content (AvgIpc) is 3.25. The van der Waals surface area contributed by atoms with E-state index in [9.17, 15) is 9.18 Å². The van der Waals surface area contributed by atoms with Crippen molar-refractivity contribution in [2.45, 2.75) is 45.8 Å². The maximum Gasteiger partial charge on any atom is 0.409 e. The Bertz CT molecular complexity index is 994. The molecule has 2 atom stereocenters. The Morgan fingerprint density at radius 2 is 1.97 bits per heavy atom. The molecule has 1 aromatic heterocycles. The van der Waals surface area contributed by atoms with Crippen molar-refractivity contribution in [1.29, 1.82) is 0 Å². The minimum absolute atomic E-state index is 0.0407. The molecule has 2 heterocycles. The highest BCUT2D eigenvalue weighted by Crippen LogP contribution is 2.33. The van der Waals surface area contributed by atoms with E-state index < -0.39 is 18.9 Å². The topological polar surface area (TPSA) is 85.8 Å². The number of amides is 1. The molecule has 8 nitrogen and oxygen atoms in total. The summed E-state index contributed by atoms with van der Waals surface area (Å²) in [6, 6.07) is 5.20. The SMILES string of the molecule is CCOC(=O)N1CC(Nc2nc(CC)c(-c3ccc(OC)cc3Cl)nc2CC)C(OCCF)C1. The lowest BCUT2D eigenvalue weighted by Gasteiger charge is -2.22. The van der Waals surface area contributed by atoms with Crippen molar-refractivity contribution in [3.8, 4) is 17.0 Å². The lowest BCUT2D eigenvalue weighted by atomic mass is 10.1. The summed E-state index contributed by atoms with van der Waals surface area (Å²) in [5.74, 6) is 1.29. The molecule has 10 heteroatoms. The van der Waals surface area contributed by atoms with Crippen LogP contribution in [0.4, 0.5) is 15.0 Å². The zero-order valence-corrected chi connectivity index (χ0v) is 20.8. The van der Waals surface area contributed by atoms with Gasteiger partial charge in [-0.05, 0) is 38.0 Å². The van der Waals surface area contributed by atoms with Gasteiger partial charge < -0.3 is 24.4 Å². The van der Waals surface area contributed by atoms with E-state index in [4.69, 9.17) is 35.8 Å². The Hall–Kier alpha value is -2.65. The van der Waals surface area contributed by atoms with Crippen LogP contribution >= 0.6 is 11.6 Å². The van der Waals surface area contributed by atoms with E-state index in [1.54, 1.807) is 25.0 Å². The normalized spacial score (nSPS) is 17.6. The molecule has 1 aliphatic rings. The highest BCUT2D eigenvalue weighted by atomic mass is 35.5. The number of benzene rings is 1. The average molecular weight is 495 g/mol. The molecule has 0 saturated carbocycles. The van der Waals surface area contributed by atoms with Crippen LogP contribution in [-0.4, -0.2) is 73.2 Å². The molecule has 1 aliphatic heterocycles. The third-order valence-electron chi connectivity index (χ3n) is 5.66. The van der Waals surface area contributed by atoms with Crippen LogP contribution < -0.4 is 10.1 Å². The first-order chi connectivity index (χ1) is 16.4. The number of carbonyl (C=O) groups excluding carboxylic acids is 1. The fraction of sp³-hybridized carbons (Fsp3) is 0.542. The van der Waals surface area contributed by atoms with Crippen LogP contribution in [0, 0.1) is 0 Å². The predicted octanol–water partition coefficient (Wildman–Crippen LogP) is 4.54. The highest BCUT2D eigenvalue weighted by molar-refractivity contribution is 6.33. The summed E-state index contributed by atoms with van der Waals surface area (Å²) >= 11 is 6.52. The van der Waals surface area contributed by atoms with E-state index in [0.717, 1.165) is 22.6 Å². The number of nitrogens with one attached hydrogen (secondary N) is 1. The molecule has 1 saturated heterocycles. The van der Waals surface area contributed by atoms with Crippen molar-refractivity contribution in [3.63, 3.8) is 0 Å². The van der Waals surface area contributed by atoms with E-state index in [1.807, 2.05) is 26.0 Å². The van der Waals surface area contributed by atoms with Crippen molar-refractivity contribution in [3.05, 3.63) is 34.6 Å². The van der Waals surface area contributed by atoms with Gasteiger partial charge in [-0.1, -0.05) is 25.4 Å². The molecule has 1 amide bonds. The van der Waals surface area contributed by atoms with Gasteiger partial charge in [-0.3, -0.25) is 0 Å². The van der Waals surface area contributed by atoms with Crippen LogP contribution in [0.25, 0.3) is 11.3 Å². The molecule has 0 radical (unpaired) electrons. The number of alkyl halides is 1. The minimum atomic E-state index is -0.597. The number of likely N-dealkylation sites (tertiary alicyclic amines) is 1. The largest absolute Gasteiger partial charge is 0.497 e. The van der Waals surface area contributed by atoms with Gasteiger partial charge in [0.05, 0.1) is 61.1 Å². The number of halogens is 2. The summed E-state index contributed by atoms with van der Waals surface area (Å²) in [6.07, 6.45) is 0.462. The molecule has 34 heavy (non-hydrogen) atoms. The van der Waals surface area contributed by atoms with Crippen molar-refractivity contribution < 1.29 is 23.4 Å². The quantitative estimate of drug-likeness (QED) is 0.519. The van der Waals surface area contributed by atoms with Crippen molar-refractivity contribution in [2.75, 3.05) is 45.4 Å². The third kappa shape index (κ3) is 5.88. The van der Waals surface area contributed by atoms with Gasteiger partial charge in [0.2, 0.25) is 0 Å². The van der Waals surface area contributed by atoms with Gasteiger partial charge in [0, 0.05) is 12.1 Å². The maximum absolute atomic E-state index is 12.8. The molecule has 1 fully saturated rings. The highest BCUT2D eigenvalue weighted by Gasteiger charge is 2.37. The molecular weight excluding hydrogens is 463 g/mol. The molecule has 0 aliphatic carbocycles. The Morgan fingerprint density at radius 3 is 2.59 bits per heavy atom. The second-order valence-electron chi connectivity index (χ2n) is 7.82. The zero-order chi connectivity index (χ0) is 24.7. The van der Waals surface area contributed by atoms with E-state index in [0.29, 0.717) is 42.5 Å². The van der Waals surface area contributed by atoms with Gasteiger partial charge in [-0.25, -0.2) is 19.2 Å². The van der Waals surface area contributed by atoms with Gasteiger partial charge in [0.15, 0.2) is 0 Å². The lowest BCUT2D eigenvalue weighted by Crippen LogP contribution is -2.36. The molecule has 2 aromatic rings. The molecule has 1 aromatic carbocycles. The second kappa shape index (κ2) is 12.2. The predicted molar refractivity (Wildman–Crippen MR) is 130 cm³/mol. The Morgan fingerprint density at radius 1 is 1.21 bits per heavy atom. The fourth-order valence-corrected chi connectivity index (χ4v) is 4.22. The molecule has 0 bridgehead atoms. The first kappa shape index (κ1) is 26.0. The van der Waals surface area contributed by atoms with Crippen LogP contribution in [0.15, 0.2) is 18.2 Å². The van der Waals surface area contributed by atoms with Crippen LogP contribution in [-0.2, 0) is 22.3 Å². The van der Waals surface area contributed by atoms with Gasteiger partial charge in [-0.2, -0.15) is 0 Å². The van der Waals surface area contributed by atoms with Gasteiger partial charge in [-0.15, -0.1) is 0 Å². The smallest absolute Gasteiger partial charge is 0.409 e. The van der Waals surface area contributed by atoms with E-state index >= 15 is 0 Å². The minimum Gasteiger partial charge on any atom is -0.497 e. The summed E-state index contributed by atoms with van der Waals surface area (Å²) in [7, 11) is 1.59. The molecule has 1 N–H and O–H groups in total. The third-order valence-corrected chi connectivity index (χ3v) is 5.98. The number of aromatic nitrogens is 2. The molecule has 3 rings (SSSR count). The van der Waals surface area contributed by atoms with E-state index in [-0.39, 0.29) is 19.3 Å². The zero-order valence-electron chi connectivity index (χ0n) is 20.1. The first-order valence-electron chi connectivity index (χ1n) is 11.5. The van der Waals surface area contributed by atoms with Crippen molar-refractivity contribution in [2.24, 2.45) is 0 Å². The van der Waals surface area contributed by atoms with Crippen LogP contribution in [0.3, 0.4) is 0 Å². The van der Waals surface area contributed by atoms with Crippen molar-refractivity contribution in [1.82, 2.24) is 14.9 Å². The summed E-state index contributed by atoms with van der Waals surface area (Å²) in [5, 5.41) is 3.94. The lowest BCUT2D eigenvalue weighted by molar-refractivity contribution is 0.0433. The fourth-order valence-electron chi connectivity index (χ4n) is 3.96. The summed E-state index contributed by atoms with van der Waals surface area (Å²) in [6.45, 7) is 6.07. The molecule has 186 valence electrons. The summed E-state index contributed by atoms with van der Waals surface area (Å²) < 4.78 is 28.9. The van der Waals surface area contributed by atoms with Gasteiger partial charge >= 0.3 is 6.09 Å². The first-order valence-corrected chi connectivity index (χ1v) is 11.9. The number of anilines is 1. The number of aryl methyl sites for hydroxylation is 2. The number of rotatable bonds is 10. The number of hydrogen-bond donors (Lipinski definition) is 1. The Labute approximate surface area is 204 Å². The molecule has 0 spiro atoms. The number of methoxy groups -OCH3 is 1. The second-order valence-corrected chi connectivity index (χ2v) is 8.23. The van der Waals surface area contributed by atoms with E-state index in [2.05, 4.69) is 5.32 Å². The molecule has 2 unspecified atom stereocenters. The van der Waals surface area contributed by atoms with Gasteiger partial charge in [0.25, 0.3) is 0 Å². The number of hydrogen-bond acceptors (Lipinski definition) is 7. The maximum atomic E-state index is 12.8. The summed E-state index contributed by atoms with van der Waals surface area (Å²) in [5.41, 5.74) is 3.06. The number of nitrogens with zero attached hydrogens (tertiary/aromatic N) is 3. The standard InChI is InChI=1S/C24H32ClFN4O4/c1-5-18-22(16-9-8-15(32-4)12-17(16)25)27-19(6-2)23(28-18)29-20-13-30(24(31)33-7-3)14-21(20)34-11-10-26/h8-9,12,20-21H,5-7,10-11,13-14H2,1-4H3,(H,28,29). The molecular formula is C24H32ClFN4O4. The van der Waals surface area contributed by atoms with Gasteiger partial charge in [0.1, 0.15) is 18.2 Å². The Kier molecular flexibility index (Phi) is 9.29. The summed E-state index contributed by atoms with van der Waals surface area (Å²) in [4.78, 5) is 23.6. The van der Waals surface area contributed by atoms with Crippen LogP contribution in [0.5, 0.6) is 5.75 Å². The Balaban J connectivity index is 1.92. The van der Waals surface area contributed by atoms with Crippen molar-refractivity contribution >= 4 is 23.5 Å². The monoisotopic (exact) mass is 494 g/mol. The number of ether oxygens (including phenoxy) is 3. The number of carbonyl (C=O) groups is 1.